The molecule has 2 N–H and O–H groups in total. The van der Waals surface area contributed by atoms with E-state index in [-0.39, 0.29) is 5.91 Å². The Balaban J connectivity index is 1.67. The van der Waals surface area contributed by atoms with Crippen molar-refractivity contribution in [3.05, 3.63) is 48.2 Å². The van der Waals surface area contributed by atoms with Gasteiger partial charge in [0.1, 0.15) is 0 Å². The minimum Gasteiger partial charge on any atom is -0.360 e. The number of H-pyrrole nitrogens is 1. The maximum atomic E-state index is 12.1. The number of nitrogens with one attached hydrogen (secondary N) is 2. The van der Waals surface area contributed by atoms with Gasteiger partial charge in [-0.25, -0.2) is 0 Å². The molecule has 0 atom stereocenters. The van der Waals surface area contributed by atoms with Crippen LogP contribution >= 0.6 is 0 Å². The Morgan fingerprint density at radius 2 is 2.26 bits per heavy atom. The van der Waals surface area contributed by atoms with Crippen molar-refractivity contribution in [3.63, 3.8) is 0 Å². The third-order valence-electron chi connectivity index (χ3n) is 2.87. The highest BCUT2D eigenvalue weighted by Crippen LogP contribution is 2.17. The van der Waals surface area contributed by atoms with Gasteiger partial charge in [0, 0.05) is 30.1 Å². The van der Waals surface area contributed by atoms with Gasteiger partial charge in [0.2, 0.25) is 5.89 Å². The number of aromatic nitrogens is 3. The first-order valence-electron chi connectivity index (χ1n) is 5.94. The minimum atomic E-state index is -0.114. The number of rotatable bonds is 4. The number of amides is 1. The molecule has 0 unspecified atom stereocenters. The average Bonchev–Trinajstić information content (AvgIpc) is 3.07. The molecule has 2 heterocycles. The summed E-state index contributed by atoms with van der Waals surface area (Å²) in [4.78, 5) is 19.0. The lowest BCUT2D eigenvalue weighted by atomic mass is 10.1. The zero-order valence-corrected chi connectivity index (χ0v) is 10.1. The van der Waals surface area contributed by atoms with E-state index in [1.807, 2.05) is 24.3 Å². The van der Waals surface area contributed by atoms with Crippen LogP contribution in [-0.4, -0.2) is 27.6 Å². The van der Waals surface area contributed by atoms with Gasteiger partial charge in [0.05, 0.1) is 5.56 Å². The zero-order chi connectivity index (χ0) is 13.1. The van der Waals surface area contributed by atoms with Gasteiger partial charge >= 0.3 is 0 Å². The highest BCUT2D eigenvalue weighted by molar-refractivity contribution is 6.06. The van der Waals surface area contributed by atoms with E-state index in [9.17, 15) is 4.79 Å². The number of hydrogen-bond acceptors (Lipinski definition) is 4. The molecule has 0 aliphatic rings. The van der Waals surface area contributed by atoms with Gasteiger partial charge in [-0.1, -0.05) is 23.4 Å². The average molecular weight is 256 g/mol. The second-order valence-corrected chi connectivity index (χ2v) is 4.09. The lowest BCUT2D eigenvalue weighted by molar-refractivity contribution is 0.0955. The molecule has 0 saturated carbocycles. The number of nitrogens with zero attached hydrogens (tertiary/aromatic N) is 2. The predicted octanol–water partition coefficient (Wildman–Crippen LogP) is 1.52. The summed E-state index contributed by atoms with van der Waals surface area (Å²) in [6, 6.07) is 7.69. The Hall–Kier alpha value is -2.63. The lowest BCUT2D eigenvalue weighted by Crippen LogP contribution is -2.25. The molecule has 96 valence electrons. The van der Waals surface area contributed by atoms with Gasteiger partial charge in [0.25, 0.3) is 5.91 Å². The van der Waals surface area contributed by atoms with Crippen LogP contribution in [0.25, 0.3) is 10.9 Å². The number of aromatic amines is 1. The SMILES string of the molecule is O=C(NCCc1ncno1)c1c[nH]c2ccccc12. The topological polar surface area (TPSA) is 83.8 Å². The van der Waals surface area contributed by atoms with E-state index in [0.717, 1.165) is 10.9 Å². The van der Waals surface area contributed by atoms with Crippen molar-refractivity contribution in [2.75, 3.05) is 6.54 Å². The molecule has 0 saturated heterocycles. The monoisotopic (exact) mass is 256 g/mol. The fourth-order valence-electron chi connectivity index (χ4n) is 1.94. The molecular formula is C13H12N4O2. The fourth-order valence-corrected chi connectivity index (χ4v) is 1.94. The van der Waals surface area contributed by atoms with Gasteiger partial charge in [0.15, 0.2) is 6.33 Å². The molecule has 1 aromatic carbocycles. The highest BCUT2D eigenvalue weighted by atomic mass is 16.5. The molecule has 0 bridgehead atoms. The van der Waals surface area contributed by atoms with Crippen LogP contribution < -0.4 is 5.32 Å². The molecule has 6 nitrogen and oxygen atoms in total. The summed E-state index contributed by atoms with van der Waals surface area (Å²) in [6.45, 7) is 0.459. The van der Waals surface area contributed by atoms with E-state index in [1.54, 1.807) is 6.20 Å². The molecule has 0 fully saturated rings. The normalized spacial score (nSPS) is 10.7. The summed E-state index contributed by atoms with van der Waals surface area (Å²) >= 11 is 0. The summed E-state index contributed by atoms with van der Waals surface area (Å²) < 4.78 is 4.86. The molecule has 6 heteroatoms. The van der Waals surface area contributed by atoms with E-state index < -0.39 is 0 Å². The Bertz CT molecular complexity index is 688. The van der Waals surface area contributed by atoms with Gasteiger partial charge in [-0.3, -0.25) is 4.79 Å². The van der Waals surface area contributed by atoms with Crippen molar-refractivity contribution < 1.29 is 9.32 Å². The quantitative estimate of drug-likeness (QED) is 0.741. The minimum absolute atomic E-state index is 0.114. The number of benzene rings is 1. The van der Waals surface area contributed by atoms with Crippen molar-refractivity contribution in [1.29, 1.82) is 0 Å². The second-order valence-electron chi connectivity index (χ2n) is 4.09. The largest absolute Gasteiger partial charge is 0.360 e. The van der Waals surface area contributed by atoms with Gasteiger partial charge in [-0.2, -0.15) is 4.98 Å². The Labute approximate surface area is 108 Å². The third kappa shape index (κ3) is 2.33. The van der Waals surface area contributed by atoms with Crippen molar-refractivity contribution in [3.8, 4) is 0 Å². The molecule has 1 amide bonds. The van der Waals surface area contributed by atoms with Crippen LogP contribution in [-0.2, 0) is 6.42 Å². The molecule has 3 rings (SSSR count). The Morgan fingerprint density at radius 3 is 3.11 bits per heavy atom. The number of fused-ring (bicyclic) bond motifs is 1. The van der Waals surface area contributed by atoms with Crippen LogP contribution in [0.2, 0.25) is 0 Å². The zero-order valence-electron chi connectivity index (χ0n) is 10.1. The van der Waals surface area contributed by atoms with E-state index in [2.05, 4.69) is 20.4 Å². The van der Waals surface area contributed by atoms with Crippen LogP contribution in [0.3, 0.4) is 0 Å². The van der Waals surface area contributed by atoms with Crippen molar-refractivity contribution >= 4 is 16.8 Å². The molecule has 0 spiro atoms. The standard InChI is InChI=1S/C13H12N4O2/c18-13(14-6-5-12-16-8-17-19-12)10-7-15-11-4-2-1-3-9(10)11/h1-4,7-8,15H,5-6H2,(H,14,18). The van der Waals surface area contributed by atoms with Crippen LogP contribution in [0, 0.1) is 0 Å². The fraction of sp³-hybridized carbons (Fsp3) is 0.154. The van der Waals surface area contributed by atoms with E-state index in [0.29, 0.717) is 24.4 Å². The molecular weight excluding hydrogens is 244 g/mol. The Morgan fingerprint density at radius 1 is 1.37 bits per heavy atom. The second kappa shape index (κ2) is 4.93. The molecule has 0 radical (unpaired) electrons. The van der Waals surface area contributed by atoms with Crippen molar-refractivity contribution in [1.82, 2.24) is 20.4 Å². The first kappa shape index (κ1) is 11.5. The van der Waals surface area contributed by atoms with Crippen molar-refractivity contribution in [2.24, 2.45) is 0 Å². The summed E-state index contributed by atoms with van der Waals surface area (Å²) in [5.74, 6) is 0.399. The number of carbonyl (C=O) groups excluding carboxylic acids is 1. The predicted molar refractivity (Wildman–Crippen MR) is 68.6 cm³/mol. The van der Waals surface area contributed by atoms with Crippen molar-refractivity contribution in [2.45, 2.75) is 6.42 Å². The summed E-state index contributed by atoms with van der Waals surface area (Å²) in [7, 11) is 0. The number of para-hydroxylation sites is 1. The smallest absolute Gasteiger partial charge is 0.253 e. The van der Waals surface area contributed by atoms with Crippen LogP contribution in [0.15, 0.2) is 41.3 Å². The van der Waals surface area contributed by atoms with Crippen LogP contribution in [0.1, 0.15) is 16.2 Å². The summed E-state index contributed by atoms with van der Waals surface area (Å²) in [5, 5.41) is 7.25. The van der Waals surface area contributed by atoms with E-state index in [1.165, 1.54) is 6.33 Å². The number of hydrogen-bond donors (Lipinski definition) is 2. The molecule has 0 aliphatic carbocycles. The van der Waals surface area contributed by atoms with Crippen LogP contribution in [0.4, 0.5) is 0 Å². The van der Waals surface area contributed by atoms with Gasteiger partial charge in [-0.05, 0) is 6.07 Å². The first-order chi connectivity index (χ1) is 9.34. The van der Waals surface area contributed by atoms with Crippen LogP contribution in [0.5, 0.6) is 0 Å². The maximum Gasteiger partial charge on any atom is 0.253 e. The maximum absolute atomic E-state index is 12.1. The van der Waals surface area contributed by atoms with Gasteiger partial charge in [-0.15, -0.1) is 0 Å². The molecule has 2 aromatic heterocycles. The third-order valence-corrected chi connectivity index (χ3v) is 2.87. The summed E-state index contributed by atoms with van der Waals surface area (Å²) in [6.07, 6.45) is 3.58. The first-order valence-corrected chi connectivity index (χ1v) is 5.94. The lowest BCUT2D eigenvalue weighted by Gasteiger charge is -2.02. The highest BCUT2D eigenvalue weighted by Gasteiger charge is 2.11. The molecule has 3 aromatic rings. The van der Waals surface area contributed by atoms with Gasteiger partial charge < -0.3 is 14.8 Å². The Kier molecular flexibility index (Phi) is 2.97. The molecule has 0 aliphatic heterocycles. The van der Waals surface area contributed by atoms with E-state index >= 15 is 0 Å². The number of carbonyl (C=O) groups is 1. The molecule has 19 heavy (non-hydrogen) atoms. The van der Waals surface area contributed by atoms with E-state index in [4.69, 9.17) is 4.52 Å². The summed E-state index contributed by atoms with van der Waals surface area (Å²) in [5.41, 5.74) is 1.59.